The predicted octanol–water partition coefficient (Wildman–Crippen LogP) is 4.25. The van der Waals surface area contributed by atoms with E-state index in [4.69, 9.17) is 0 Å². The minimum Gasteiger partial charge on any atom is -0.322 e. The topological polar surface area (TPSA) is 46.9 Å². The van der Waals surface area contributed by atoms with Crippen molar-refractivity contribution in [3.05, 3.63) is 78.4 Å². The normalized spacial score (nSPS) is 10.7. The first-order valence-corrected chi connectivity index (χ1v) is 7.63. The molecule has 4 nitrogen and oxygen atoms in total. The lowest BCUT2D eigenvalue weighted by Crippen LogP contribution is -2.12. The lowest BCUT2D eigenvalue weighted by molar-refractivity contribution is 0.102. The molecular weight excluding hydrogens is 286 g/mol. The average molecular weight is 305 g/mol. The second-order valence-corrected chi connectivity index (χ2v) is 5.75. The zero-order valence-electron chi connectivity index (χ0n) is 13.2. The standard InChI is InChI=1S/C19H19N3O/c1-14(2)15-4-3-5-16(12-15)19(23)21-17-6-8-18(9-7-17)22-11-10-20-13-22/h3-14H,1-2H3,(H,21,23). The fourth-order valence-corrected chi connectivity index (χ4v) is 2.37. The SMILES string of the molecule is CC(C)c1cccc(C(=O)Nc2ccc(-n3ccnc3)cc2)c1. The van der Waals surface area contributed by atoms with E-state index in [1.54, 1.807) is 12.5 Å². The van der Waals surface area contributed by atoms with Gasteiger partial charge < -0.3 is 9.88 Å². The van der Waals surface area contributed by atoms with Gasteiger partial charge in [-0.25, -0.2) is 4.98 Å². The Hall–Kier alpha value is -2.88. The molecule has 0 spiro atoms. The van der Waals surface area contributed by atoms with Gasteiger partial charge in [0.25, 0.3) is 5.91 Å². The van der Waals surface area contributed by atoms with Crippen LogP contribution in [0.4, 0.5) is 5.69 Å². The Morgan fingerprint density at radius 1 is 1.13 bits per heavy atom. The van der Waals surface area contributed by atoms with E-state index in [0.717, 1.165) is 16.9 Å². The highest BCUT2D eigenvalue weighted by atomic mass is 16.1. The maximum absolute atomic E-state index is 12.4. The van der Waals surface area contributed by atoms with Crippen molar-refractivity contribution in [1.29, 1.82) is 0 Å². The predicted molar refractivity (Wildman–Crippen MR) is 92.0 cm³/mol. The molecule has 0 aliphatic carbocycles. The lowest BCUT2D eigenvalue weighted by Gasteiger charge is -2.09. The number of nitrogens with zero attached hydrogens (tertiary/aromatic N) is 2. The van der Waals surface area contributed by atoms with Crippen molar-refractivity contribution in [3.63, 3.8) is 0 Å². The summed E-state index contributed by atoms with van der Waals surface area (Å²) in [6, 6.07) is 15.4. The Labute approximate surface area is 135 Å². The molecule has 0 aliphatic rings. The molecule has 0 saturated carbocycles. The molecule has 1 N–H and O–H groups in total. The summed E-state index contributed by atoms with van der Waals surface area (Å²) in [6.45, 7) is 4.23. The van der Waals surface area contributed by atoms with Gasteiger partial charge in [0, 0.05) is 29.3 Å². The number of hydrogen-bond donors (Lipinski definition) is 1. The van der Waals surface area contributed by atoms with Gasteiger partial charge >= 0.3 is 0 Å². The number of rotatable bonds is 4. The van der Waals surface area contributed by atoms with E-state index in [1.165, 1.54) is 0 Å². The number of nitrogens with one attached hydrogen (secondary N) is 1. The van der Waals surface area contributed by atoms with E-state index in [-0.39, 0.29) is 5.91 Å². The van der Waals surface area contributed by atoms with Gasteiger partial charge in [0.2, 0.25) is 0 Å². The highest BCUT2D eigenvalue weighted by molar-refractivity contribution is 6.04. The van der Waals surface area contributed by atoms with Crippen LogP contribution in [0.25, 0.3) is 5.69 Å². The van der Waals surface area contributed by atoms with Crippen LogP contribution in [0.3, 0.4) is 0 Å². The molecule has 23 heavy (non-hydrogen) atoms. The summed E-state index contributed by atoms with van der Waals surface area (Å²) < 4.78 is 1.91. The van der Waals surface area contributed by atoms with Gasteiger partial charge in [-0.05, 0) is 47.9 Å². The van der Waals surface area contributed by atoms with Crippen LogP contribution in [0.5, 0.6) is 0 Å². The average Bonchev–Trinajstić information content (AvgIpc) is 3.10. The van der Waals surface area contributed by atoms with Gasteiger partial charge in [0.1, 0.15) is 0 Å². The van der Waals surface area contributed by atoms with Crippen molar-refractivity contribution in [2.45, 2.75) is 19.8 Å². The minimum atomic E-state index is -0.0946. The third-order valence-electron chi connectivity index (χ3n) is 3.74. The summed E-state index contributed by atoms with van der Waals surface area (Å²) in [5.41, 5.74) is 3.61. The number of carbonyl (C=O) groups is 1. The number of anilines is 1. The van der Waals surface area contributed by atoms with Crippen molar-refractivity contribution in [2.24, 2.45) is 0 Å². The van der Waals surface area contributed by atoms with Crippen LogP contribution in [0, 0.1) is 0 Å². The molecule has 0 fully saturated rings. The van der Waals surface area contributed by atoms with Crippen molar-refractivity contribution in [1.82, 2.24) is 9.55 Å². The first-order valence-electron chi connectivity index (χ1n) is 7.63. The lowest BCUT2D eigenvalue weighted by atomic mass is 10.0. The van der Waals surface area contributed by atoms with E-state index in [2.05, 4.69) is 24.1 Å². The van der Waals surface area contributed by atoms with Gasteiger partial charge in [0.05, 0.1) is 6.33 Å². The van der Waals surface area contributed by atoms with Crippen LogP contribution >= 0.6 is 0 Å². The van der Waals surface area contributed by atoms with Crippen LogP contribution < -0.4 is 5.32 Å². The molecule has 0 unspecified atom stereocenters. The molecule has 1 heterocycles. The van der Waals surface area contributed by atoms with Crippen LogP contribution in [-0.4, -0.2) is 15.5 Å². The van der Waals surface area contributed by atoms with Crippen molar-refractivity contribution >= 4 is 11.6 Å². The first kappa shape index (κ1) is 15.0. The molecule has 2 aromatic carbocycles. The number of carbonyl (C=O) groups excluding carboxylic acids is 1. The van der Waals surface area contributed by atoms with Crippen molar-refractivity contribution in [2.75, 3.05) is 5.32 Å². The van der Waals surface area contributed by atoms with Gasteiger partial charge in [-0.15, -0.1) is 0 Å². The molecular formula is C19H19N3O. The first-order chi connectivity index (χ1) is 11.1. The fourth-order valence-electron chi connectivity index (χ4n) is 2.37. The Morgan fingerprint density at radius 2 is 1.91 bits per heavy atom. The summed E-state index contributed by atoms with van der Waals surface area (Å²) in [7, 11) is 0. The third-order valence-corrected chi connectivity index (χ3v) is 3.74. The van der Waals surface area contributed by atoms with E-state index in [9.17, 15) is 4.79 Å². The van der Waals surface area contributed by atoms with Crippen molar-refractivity contribution < 1.29 is 4.79 Å². The van der Waals surface area contributed by atoms with Crippen LogP contribution in [-0.2, 0) is 0 Å². The molecule has 116 valence electrons. The van der Waals surface area contributed by atoms with Gasteiger partial charge in [0.15, 0.2) is 0 Å². The Balaban J connectivity index is 1.74. The highest BCUT2D eigenvalue weighted by Crippen LogP contribution is 2.18. The molecule has 0 bridgehead atoms. The van der Waals surface area contributed by atoms with Gasteiger partial charge in [-0.3, -0.25) is 4.79 Å². The summed E-state index contributed by atoms with van der Waals surface area (Å²) in [4.78, 5) is 16.4. The Kier molecular flexibility index (Phi) is 4.24. The maximum Gasteiger partial charge on any atom is 0.255 e. The molecule has 0 radical (unpaired) electrons. The van der Waals surface area contributed by atoms with Gasteiger partial charge in [-0.1, -0.05) is 26.0 Å². The minimum absolute atomic E-state index is 0.0946. The van der Waals surface area contributed by atoms with E-state index < -0.39 is 0 Å². The number of imidazole rings is 1. The summed E-state index contributed by atoms with van der Waals surface area (Å²) in [5, 5.41) is 2.93. The van der Waals surface area contributed by atoms with E-state index in [1.807, 2.05) is 59.3 Å². The second kappa shape index (κ2) is 6.48. The zero-order valence-corrected chi connectivity index (χ0v) is 13.2. The monoisotopic (exact) mass is 305 g/mol. The largest absolute Gasteiger partial charge is 0.322 e. The molecule has 0 saturated heterocycles. The van der Waals surface area contributed by atoms with Gasteiger partial charge in [-0.2, -0.15) is 0 Å². The molecule has 1 amide bonds. The third kappa shape index (κ3) is 3.48. The summed E-state index contributed by atoms with van der Waals surface area (Å²) in [5.74, 6) is 0.306. The molecule has 1 aromatic heterocycles. The van der Waals surface area contributed by atoms with E-state index in [0.29, 0.717) is 11.5 Å². The molecule has 4 heteroatoms. The highest BCUT2D eigenvalue weighted by Gasteiger charge is 2.08. The van der Waals surface area contributed by atoms with Crippen LogP contribution in [0.2, 0.25) is 0 Å². The number of amides is 1. The Bertz CT molecular complexity index is 790. The number of aromatic nitrogens is 2. The molecule has 0 atom stereocenters. The fraction of sp³-hybridized carbons (Fsp3) is 0.158. The molecule has 3 aromatic rings. The molecule has 3 rings (SSSR count). The van der Waals surface area contributed by atoms with E-state index >= 15 is 0 Å². The van der Waals surface area contributed by atoms with Crippen LogP contribution in [0.15, 0.2) is 67.3 Å². The quantitative estimate of drug-likeness (QED) is 0.783. The zero-order chi connectivity index (χ0) is 16.2. The van der Waals surface area contributed by atoms with Crippen LogP contribution in [0.1, 0.15) is 35.7 Å². The summed E-state index contributed by atoms with van der Waals surface area (Å²) >= 11 is 0. The second-order valence-electron chi connectivity index (χ2n) is 5.75. The molecule has 0 aliphatic heterocycles. The summed E-state index contributed by atoms with van der Waals surface area (Å²) in [6.07, 6.45) is 5.35. The number of hydrogen-bond acceptors (Lipinski definition) is 2. The number of benzene rings is 2. The Morgan fingerprint density at radius 3 is 2.57 bits per heavy atom. The maximum atomic E-state index is 12.4. The van der Waals surface area contributed by atoms with Crippen molar-refractivity contribution in [3.8, 4) is 5.69 Å². The smallest absolute Gasteiger partial charge is 0.255 e.